The lowest BCUT2D eigenvalue weighted by molar-refractivity contribution is 0.102. The highest BCUT2D eigenvalue weighted by Crippen LogP contribution is 2.39. The molecular formula is C20H24FNO3. The fraction of sp³-hybridized carbons (Fsp3) is 0.400. The van der Waals surface area contributed by atoms with Crippen LogP contribution in [0.3, 0.4) is 0 Å². The van der Waals surface area contributed by atoms with Crippen LogP contribution in [0.25, 0.3) is 0 Å². The van der Waals surface area contributed by atoms with E-state index in [2.05, 4.69) is 4.90 Å². The van der Waals surface area contributed by atoms with Gasteiger partial charge in [0.05, 0.1) is 20.3 Å². The number of β-amino-alcohol motifs (C(OH)–C–C–N with tert-alkyl or cyclic N) is 1. The summed E-state index contributed by atoms with van der Waals surface area (Å²) in [5.41, 5.74) is 1.38. The first-order valence-corrected chi connectivity index (χ1v) is 8.52. The fourth-order valence-electron chi connectivity index (χ4n) is 3.56. The number of halogens is 1. The minimum absolute atomic E-state index is 0.117. The Bertz CT molecular complexity index is 722. The first-order chi connectivity index (χ1) is 12.1. The molecule has 1 fully saturated rings. The molecule has 0 amide bonds. The van der Waals surface area contributed by atoms with Crippen LogP contribution in [0.5, 0.6) is 11.5 Å². The average molecular weight is 345 g/mol. The molecule has 4 nitrogen and oxygen atoms in total. The molecule has 134 valence electrons. The summed E-state index contributed by atoms with van der Waals surface area (Å²) < 4.78 is 24.8. The second kappa shape index (κ2) is 7.85. The molecule has 2 atom stereocenters. The maximum absolute atomic E-state index is 13.9. The molecule has 0 bridgehead atoms. The Labute approximate surface area is 147 Å². The van der Waals surface area contributed by atoms with Crippen molar-refractivity contribution >= 4 is 0 Å². The van der Waals surface area contributed by atoms with Crippen LogP contribution in [-0.4, -0.2) is 37.3 Å². The summed E-state index contributed by atoms with van der Waals surface area (Å²) in [6.07, 6.45) is 1.13. The van der Waals surface area contributed by atoms with E-state index in [1.54, 1.807) is 32.4 Å². The standard InChI is InChI=1S/C20H24FNO3/c1-24-14-9-10-20(25-2)16(12-14)18-8-5-11-22(18)13-19(23)15-6-3-4-7-17(15)21/h3-4,6-7,9-10,12,18-19,23H,5,8,11,13H2,1-2H3/t18-,19+/m1/s1. The predicted molar refractivity (Wildman–Crippen MR) is 94.5 cm³/mol. The number of benzene rings is 2. The largest absolute Gasteiger partial charge is 0.497 e. The van der Waals surface area contributed by atoms with Crippen LogP contribution in [0, 0.1) is 5.82 Å². The first kappa shape index (κ1) is 17.7. The number of aliphatic hydroxyl groups excluding tert-OH is 1. The smallest absolute Gasteiger partial charge is 0.129 e. The highest BCUT2D eigenvalue weighted by atomic mass is 19.1. The Hall–Kier alpha value is -2.11. The molecule has 0 saturated carbocycles. The van der Waals surface area contributed by atoms with Gasteiger partial charge in [-0.15, -0.1) is 0 Å². The van der Waals surface area contributed by atoms with Crippen molar-refractivity contribution in [2.75, 3.05) is 27.3 Å². The maximum atomic E-state index is 13.9. The topological polar surface area (TPSA) is 41.9 Å². The number of hydrogen-bond acceptors (Lipinski definition) is 4. The van der Waals surface area contributed by atoms with Crippen molar-refractivity contribution in [1.29, 1.82) is 0 Å². The van der Waals surface area contributed by atoms with Gasteiger partial charge in [-0.1, -0.05) is 18.2 Å². The summed E-state index contributed by atoms with van der Waals surface area (Å²) in [5, 5.41) is 10.5. The van der Waals surface area contributed by atoms with Gasteiger partial charge in [0.1, 0.15) is 17.3 Å². The average Bonchev–Trinajstić information content (AvgIpc) is 3.09. The van der Waals surface area contributed by atoms with Crippen LogP contribution in [0.15, 0.2) is 42.5 Å². The van der Waals surface area contributed by atoms with E-state index < -0.39 is 6.10 Å². The Morgan fingerprint density at radius 3 is 2.72 bits per heavy atom. The highest BCUT2D eigenvalue weighted by molar-refractivity contribution is 5.42. The van der Waals surface area contributed by atoms with Gasteiger partial charge in [0.15, 0.2) is 0 Å². The van der Waals surface area contributed by atoms with Gasteiger partial charge in [0.25, 0.3) is 0 Å². The molecule has 1 N–H and O–H groups in total. The van der Waals surface area contributed by atoms with Crippen LogP contribution in [0.2, 0.25) is 0 Å². The minimum atomic E-state index is -0.863. The van der Waals surface area contributed by atoms with Crippen molar-refractivity contribution in [3.8, 4) is 11.5 Å². The lowest BCUT2D eigenvalue weighted by Gasteiger charge is -2.28. The summed E-state index contributed by atoms with van der Waals surface area (Å²) in [4.78, 5) is 2.19. The van der Waals surface area contributed by atoms with E-state index in [4.69, 9.17) is 9.47 Å². The van der Waals surface area contributed by atoms with E-state index in [9.17, 15) is 9.50 Å². The van der Waals surface area contributed by atoms with E-state index in [0.29, 0.717) is 12.1 Å². The second-order valence-electron chi connectivity index (χ2n) is 6.30. The van der Waals surface area contributed by atoms with Crippen LogP contribution < -0.4 is 9.47 Å². The predicted octanol–water partition coefficient (Wildman–Crippen LogP) is 3.71. The number of aliphatic hydroxyl groups is 1. The summed E-state index contributed by atoms with van der Waals surface area (Å²) in [7, 11) is 3.29. The van der Waals surface area contributed by atoms with Gasteiger partial charge in [-0.3, -0.25) is 4.90 Å². The Kier molecular flexibility index (Phi) is 5.56. The molecule has 1 saturated heterocycles. The van der Waals surface area contributed by atoms with Crippen LogP contribution >= 0.6 is 0 Å². The number of nitrogens with zero attached hydrogens (tertiary/aromatic N) is 1. The van der Waals surface area contributed by atoms with Crippen molar-refractivity contribution in [2.45, 2.75) is 25.0 Å². The summed E-state index contributed by atoms with van der Waals surface area (Å²) >= 11 is 0. The Morgan fingerprint density at radius 1 is 1.20 bits per heavy atom. The SMILES string of the molecule is COc1ccc(OC)c([C@H]2CCCN2C[C@H](O)c2ccccc2F)c1. The zero-order valence-electron chi connectivity index (χ0n) is 14.6. The van der Waals surface area contributed by atoms with Gasteiger partial charge in [-0.2, -0.15) is 0 Å². The van der Waals surface area contributed by atoms with Crippen LogP contribution in [0.4, 0.5) is 4.39 Å². The monoisotopic (exact) mass is 345 g/mol. The number of likely N-dealkylation sites (tertiary alicyclic amines) is 1. The van der Waals surface area contributed by atoms with Gasteiger partial charge >= 0.3 is 0 Å². The Morgan fingerprint density at radius 2 is 2.00 bits per heavy atom. The molecular weight excluding hydrogens is 321 g/mol. The summed E-state index contributed by atoms with van der Waals surface area (Å²) in [6, 6.07) is 12.3. The van der Waals surface area contributed by atoms with Gasteiger partial charge in [-0.05, 0) is 43.7 Å². The minimum Gasteiger partial charge on any atom is -0.497 e. The zero-order valence-corrected chi connectivity index (χ0v) is 14.6. The van der Waals surface area contributed by atoms with Crippen molar-refractivity contribution < 1.29 is 19.0 Å². The second-order valence-corrected chi connectivity index (χ2v) is 6.30. The molecule has 0 radical (unpaired) electrons. The number of ether oxygens (including phenoxy) is 2. The van der Waals surface area contributed by atoms with Crippen LogP contribution in [0.1, 0.15) is 36.1 Å². The molecule has 0 unspecified atom stereocenters. The van der Waals surface area contributed by atoms with E-state index in [-0.39, 0.29) is 11.9 Å². The molecule has 5 heteroatoms. The summed E-state index contributed by atoms with van der Waals surface area (Å²) in [6.45, 7) is 1.24. The zero-order chi connectivity index (χ0) is 17.8. The van der Waals surface area contributed by atoms with Gasteiger partial charge in [-0.25, -0.2) is 4.39 Å². The quantitative estimate of drug-likeness (QED) is 0.867. The molecule has 0 spiro atoms. The first-order valence-electron chi connectivity index (χ1n) is 8.52. The lowest BCUT2D eigenvalue weighted by atomic mass is 10.0. The lowest BCUT2D eigenvalue weighted by Crippen LogP contribution is -2.29. The number of hydrogen-bond donors (Lipinski definition) is 1. The molecule has 1 aliphatic rings. The molecule has 0 aromatic heterocycles. The highest BCUT2D eigenvalue weighted by Gasteiger charge is 2.30. The van der Waals surface area contributed by atoms with Crippen molar-refractivity contribution in [3.63, 3.8) is 0 Å². The molecule has 2 aromatic rings. The number of rotatable bonds is 6. The maximum Gasteiger partial charge on any atom is 0.129 e. The van der Waals surface area contributed by atoms with Crippen LogP contribution in [-0.2, 0) is 0 Å². The summed E-state index contributed by atoms with van der Waals surface area (Å²) in [5.74, 6) is 1.21. The van der Waals surface area contributed by atoms with Gasteiger partial charge < -0.3 is 14.6 Å². The van der Waals surface area contributed by atoms with Gasteiger partial charge in [0.2, 0.25) is 0 Å². The Balaban J connectivity index is 1.82. The van der Waals surface area contributed by atoms with E-state index in [0.717, 1.165) is 36.4 Å². The van der Waals surface area contributed by atoms with Crippen molar-refractivity contribution in [1.82, 2.24) is 4.90 Å². The third kappa shape index (κ3) is 3.78. The third-order valence-corrected chi connectivity index (χ3v) is 4.83. The molecule has 1 aliphatic heterocycles. The van der Waals surface area contributed by atoms with E-state index >= 15 is 0 Å². The van der Waals surface area contributed by atoms with E-state index in [1.807, 2.05) is 18.2 Å². The molecule has 0 aliphatic carbocycles. The number of methoxy groups -OCH3 is 2. The fourth-order valence-corrected chi connectivity index (χ4v) is 3.56. The molecule has 1 heterocycles. The molecule has 25 heavy (non-hydrogen) atoms. The normalized spacial score (nSPS) is 19.0. The van der Waals surface area contributed by atoms with Crippen molar-refractivity contribution in [3.05, 3.63) is 59.4 Å². The third-order valence-electron chi connectivity index (χ3n) is 4.83. The molecule has 2 aromatic carbocycles. The van der Waals surface area contributed by atoms with Crippen molar-refractivity contribution in [2.24, 2.45) is 0 Å². The van der Waals surface area contributed by atoms with E-state index in [1.165, 1.54) is 6.07 Å². The van der Waals surface area contributed by atoms with Gasteiger partial charge in [0, 0.05) is 23.7 Å². The molecule has 3 rings (SSSR count).